The second-order valence-electron chi connectivity index (χ2n) is 5.22. The van der Waals surface area contributed by atoms with Crippen LogP contribution in [0.15, 0.2) is 18.5 Å². The molecule has 3 heteroatoms. The zero-order valence-electron chi connectivity index (χ0n) is 10.3. The van der Waals surface area contributed by atoms with Gasteiger partial charge >= 0.3 is 0 Å². The van der Waals surface area contributed by atoms with Gasteiger partial charge in [-0.1, -0.05) is 0 Å². The number of hydrogen-bond acceptors (Lipinski definition) is 2. The van der Waals surface area contributed by atoms with E-state index in [9.17, 15) is 5.11 Å². The Kier molecular flexibility index (Phi) is 3.26. The van der Waals surface area contributed by atoms with E-state index in [1.165, 1.54) is 5.56 Å². The van der Waals surface area contributed by atoms with Crippen molar-refractivity contribution in [3.05, 3.63) is 24.0 Å². The SMILES string of the molecule is Cn1ccc(CNC(C)(C)C(C)(C)O)c1. The van der Waals surface area contributed by atoms with Gasteiger partial charge in [-0.05, 0) is 39.3 Å². The summed E-state index contributed by atoms with van der Waals surface area (Å²) >= 11 is 0. The van der Waals surface area contributed by atoms with Crippen LogP contribution in [0.3, 0.4) is 0 Å². The largest absolute Gasteiger partial charge is 0.389 e. The lowest BCUT2D eigenvalue weighted by Crippen LogP contribution is -2.55. The van der Waals surface area contributed by atoms with Crippen LogP contribution in [0.4, 0.5) is 0 Å². The van der Waals surface area contributed by atoms with Gasteiger partial charge in [-0.25, -0.2) is 0 Å². The second kappa shape index (κ2) is 3.99. The lowest BCUT2D eigenvalue weighted by Gasteiger charge is -2.38. The maximum atomic E-state index is 9.96. The number of rotatable bonds is 4. The number of nitrogens with zero attached hydrogens (tertiary/aromatic N) is 1. The van der Waals surface area contributed by atoms with Crippen LogP contribution in [0, 0.1) is 0 Å². The van der Waals surface area contributed by atoms with Crippen LogP contribution in [0.5, 0.6) is 0 Å². The first-order valence-corrected chi connectivity index (χ1v) is 5.31. The van der Waals surface area contributed by atoms with Crippen molar-refractivity contribution in [2.45, 2.75) is 45.4 Å². The first kappa shape index (κ1) is 12.3. The van der Waals surface area contributed by atoms with E-state index in [2.05, 4.69) is 17.6 Å². The minimum Gasteiger partial charge on any atom is -0.389 e. The normalized spacial score (nSPS) is 13.2. The van der Waals surface area contributed by atoms with Crippen LogP contribution in [0.25, 0.3) is 0 Å². The van der Waals surface area contributed by atoms with Gasteiger partial charge in [-0.15, -0.1) is 0 Å². The van der Waals surface area contributed by atoms with Crippen molar-refractivity contribution in [3.8, 4) is 0 Å². The molecule has 3 nitrogen and oxygen atoms in total. The highest BCUT2D eigenvalue weighted by Crippen LogP contribution is 2.20. The maximum Gasteiger partial charge on any atom is 0.0767 e. The molecule has 1 heterocycles. The third-order valence-electron chi connectivity index (χ3n) is 3.16. The Morgan fingerprint density at radius 2 is 1.93 bits per heavy atom. The molecule has 0 saturated heterocycles. The van der Waals surface area contributed by atoms with Crippen molar-refractivity contribution in [1.29, 1.82) is 0 Å². The second-order valence-corrected chi connectivity index (χ2v) is 5.22. The quantitative estimate of drug-likeness (QED) is 0.793. The Hall–Kier alpha value is -0.800. The molecule has 0 aliphatic rings. The van der Waals surface area contributed by atoms with Crippen molar-refractivity contribution < 1.29 is 5.11 Å². The van der Waals surface area contributed by atoms with Gasteiger partial charge in [0.1, 0.15) is 0 Å². The monoisotopic (exact) mass is 210 g/mol. The highest BCUT2D eigenvalue weighted by Gasteiger charge is 2.34. The molecule has 15 heavy (non-hydrogen) atoms. The number of hydrogen-bond donors (Lipinski definition) is 2. The first-order chi connectivity index (χ1) is 6.72. The van der Waals surface area contributed by atoms with Crippen molar-refractivity contribution in [3.63, 3.8) is 0 Å². The molecule has 0 atom stereocenters. The summed E-state index contributed by atoms with van der Waals surface area (Å²) in [5.74, 6) is 0. The van der Waals surface area contributed by atoms with E-state index in [4.69, 9.17) is 0 Å². The van der Waals surface area contributed by atoms with Gasteiger partial charge in [0.25, 0.3) is 0 Å². The molecule has 0 unspecified atom stereocenters. The molecule has 0 fully saturated rings. The Labute approximate surface area is 92.1 Å². The summed E-state index contributed by atoms with van der Waals surface area (Å²) in [6.07, 6.45) is 4.10. The van der Waals surface area contributed by atoms with Gasteiger partial charge in [0.05, 0.1) is 5.60 Å². The molecule has 1 aromatic rings. The van der Waals surface area contributed by atoms with E-state index in [-0.39, 0.29) is 5.54 Å². The minimum atomic E-state index is -0.734. The molecule has 2 N–H and O–H groups in total. The summed E-state index contributed by atoms with van der Waals surface area (Å²) < 4.78 is 2.02. The zero-order chi connectivity index (χ0) is 11.7. The molecule has 0 aromatic carbocycles. The molecule has 1 rings (SSSR count). The molecule has 0 bridgehead atoms. The van der Waals surface area contributed by atoms with E-state index in [0.717, 1.165) is 6.54 Å². The van der Waals surface area contributed by atoms with Gasteiger partial charge in [0, 0.05) is 31.5 Å². The number of aryl methyl sites for hydroxylation is 1. The molecule has 0 aliphatic carbocycles. The van der Waals surface area contributed by atoms with Crippen LogP contribution in [0.2, 0.25) is 0 Å². The predicted molar refractivity (Wildman–Crippen MR) is 62.6 cm³/mol. The molecule has 86 valence electrons. The van der Waals surface area contributed by atoms with Crippen molar-refractivity contribution >= 4 is 0 Å². The third-order valence-corrected chi connectivity index (χ3v) is 3.16. The summed E-state index contributed by atoms with van der Waals surface area (Å²) in [7, 11) is 2.00. The number of aliphatic hydroxyl groups is 1. The average Bonchev–Trinajstić information content (AvgIpc) is 2.46. The standard InChI is InChI=1S/C12H22N2O/c1-11(2,12(3,4)15)13-8-10-6-7-14(5)9-10/h6-7,9,13,15H,8H2,1-5H3. The van der Waals surface area contributed by atoms with Crippen molar-refractivity contribution in [2.24, 2.45) is 7.05 Å². The van der Waals surface area contributed by atoms with E-state index in [0.29, 0.717) is 0 Å². The first-order valence-electron chi connectivity index (χ1n) is 5.31. The lowest BCUT2D eigenvalue weighted by molar-refractivity contribution is -0.00531. The molecule has 0 saturated carbocycles. The lowest BCUT2D eigenvalue weighted by atomic mass is 9.86. The molecular formula is C12H22N2O. The predicted octanol–water partition coefficient (Wildman–Crippen LogP) is 1.66. The smallest absolute Gasteiger partial charge is 0.0767 e. The third kappa shape index (κ3) is 3.08. The summed E-state index contributed by atoms with van der Waals surface area (Å²) in [4.78, 5) is 0. The average molecular weight is 210 g/mol. The van der Waals surface area contributed by atoms with E-state index in [1.54, 1.807) is 0 Å². The number of nitrogens with one attached hydrogen (secondary N) is 1. The van der Waals surface area contributed by atoms with Gasteiger partial charge < -0.3 is 15.0 Å². The fourth-order valence-electron chi connectivity index (χ4n) is 1.20. The fraction of sp³-hybridized carbons (Fsp3) is 0.667. The van der Waals surface area contributed by atoms with Gasteiger partial charge in [-0.2, -0.15) is 0 Å². The van der Waals surface area contributed by atoms with Gasteiger partial charge in [-0.3, -0.25) is 0 Å². The highest BCUT2D eigenvalue weighted by molar-refractivity contribution is 5.10. The molecule has 1 aromatic heterocycles. The summed E-state index contributed by atoms with van der Waals surface area (Å²) in [6, 6.07) is 2.08. The minimum absolute atomic E-state index is 0.303. The number of aromatic nitrogens is 1. The van der Waals surface area contributed by atoms with Crippen LogP contribution in [-0.4, -0.2) is 20.8 Å². The molecule has 0 amide bonds. The zero-order valence-corrected chi connectivity index (χ0v) is 10.3. The Morgan fingerprint density at radius 3 is 2.33 bits per heavy atom. The van der Waals surface area contributed by atoms with Crippen molar-refractivity contribution in [2.75, 3.05) is 0 Å². The molecule has 0 aliphatic heterocycles. The summed E-state index contributed by atoms with van der Waals surface area (Å²) in [5.41, 5.74) is 0.194. The van der Waals surface area contributed by atoms with E-state index >= 15 is 0 Å². The van der Waals surface area contributed by atoms with Crippen LogP contribution < -0.4 is 5.32 Å². The topological polar surface area (TPSA) is 37.2 Å². The Morgan fingerprint density at radius 1 is 1.33 bits per heavy atom. The summed E-state index contributed by atoms with van der Waals surface area (Å²) in [6.45, 7) is 8.44. The Balaban J connectivity index is 2.57. The maximum absolute atomic E-state index is 9.96. The summed E-state index contributed by atoms with van der Waals surface area (Å²) in [5, 5.41) is 13.3. The van der Waals surface area contributed by atoms with Crippen LogP contribution >= 0.6 is 0 Å². The highest BCUT2D eigenvalue weighted by atomic mass is 16.3. The Bertz CT molecular complexity index is 321. The van der Waals surface area contributed by atoms with Crippen LogP contribution in [-0.2, 0) is 13.6 Å². The van der Waals surface area contributed by atoms with E-state index < -0.39 is 5.60 Å². The van der Waals surface area contributed by atoms with E-state index in [1.807, 2.05) is 45.5 Å². The fourth-order valence-corrected chi connectivity index (χ4v) is 1.20. The van der Waals surface area contributed by atoms with Crippen molar-refractivity contribution in [1.82, 2.24) is 9.88 Å². The molecule has 0 radical (unpaired) electrons. The molecule has 0 spiro atoms. The van der Waals surface area contributed by atoms with Gasteiger partial charge in [0.2, 0.25) is 0 Å². The van der Waals surface area contributed by atoms with Crippen LogP contribution in [0.1, 0.15) is 33.3 Å². The molecular weight excluding hydrogens is 188 g/mol. The van der Waals surface area contributed by atoms with Gasteiger partial charge in [0.15, 0.2) is 0 Å².